The number of aliphatic carboxylic acids is 1. The van der Waals surface area contributed by atoms with Gasteiger partial charge in [0.2, 0.25) is 0 Å². The van der Waals surface area contributed by atoms with E-state index in [-0.39, 0.29) is 24.3 Å². The van der Waals surface area contributed by atoms with Gasteiger partial charge in [0.05, 0.1) is 12.0 Å². The number of nitrogens with one attached hydrogen (secondary N) is 1. The minimum Gasteiger partial charge on any atom is -0.483 e. The topological polar surface area (TPSA) is 113 Å². The summed E-state index contributed by atoms with van der Waals surface area (Å²) >= 11 is 5.98. The van der Waals surface area contributed by atoms with Gasteiger partial charge in [-0.1, -0.05) is 23.7 Å². The molecule has 1 amide bonds. The summed E-state index contributed by atoms with van der Waals surface area (Å²) in [4.78, 5) is 34.4. The maximum atomic E-state index is 12.2. The summed E-state index contributed by atoms with van der Waals surface area (Å²) in [6, 6.07) is 14.3. The van der Waals surface area contributed by atoms with Gasteiger partial charge in [-0.3, -0.25) is 9.59 Å². The van der Waals surface area contributed by atoms with Crippen molar-refractivity contribution in [3.63, 3.8) is 0 Å². The zero-order valence-electron chi connectivity index (χ0n) is 15.0. The normalized spacial score (nSPS) is 10.5. The van der Waals surface area contributed by atoms with E-state index in [1.807, 2.05) is 0 Å². The van der Waals surface area contributed by atoms with Gasteiger partial charge in [0.25, 0.3) is 5.91 Å². The maximum absolute atomic E-state index is 12.2. The molecular formula is C21H16ClNO6. The maximum Gasteiger partial charge on any atom is 0.335 e. The predicted octanol–water partition coefficient (Wildman–Crippen LogP) is 3.84. The Morgan fingerprint density at radius 2 is 1.79 bits per heavy atom. The van der Waals surface area contributed by atoms with Crippen LogP contribution in [0.4, 0.5) is 5.69 Å². The Hall–Kier alpha value is -3.58. The summed E-state index contributed by atoms with van der Waals surface area (Å²) in [5.74, 6) is -2.33. The average Bonchev–Trinajstić information content (AvgIpc) is 2.65. The lowest BCUT2D eigenvalue weighted by Crippen LogP contribution is -2.20. The number of rotatable bonds is 7. The molecule has 0 bridgehead atoms. The minimum absolute atomic E-state index is 0.0107. The molecule has 7 nitrogen and oxygen atoms in total. The van der Waals surface area contributed by atoms with E-state index in [9.17, 15) is 19.5 Å². The SMILES string of the molecule is O=C(O)Cc1cccc(NC(=O)COc2cc(C(=O)O)cc3cc(Cl)ccc23)c1. The van der Waals surface area contributed by atoms with Crippen LogP contribution in [-0.4, -0.2) is 34.7 Å². The fourth-order valence-electron chi connectivity index (χ4n) is 2.82. The minimum atomic E-state index is -1.13. The quantitative estimate of drug-likeness (QED) is 0.542. The van der Waals surface area contributed by atoms with Crippen molar-refractivity contribution in [1.82, 2.24) is 0 Å². The molecule has 0 unspecified atom stereocenters. The third kappa shape index (κ3) is 5.24. The van der Waals surface area contributed by atoms with Gasteiger partial charge in [0, 0.05) is 16.1 Å². The number of ether oxygens (including phenoxy) is 1. The van der Waals surface area contributed by atoms with Crippen molar-refractivity contribution in [2.45, 2.75) is 6.42 Å². The fraction of sp³-hybridized carbons (Fsp3) is 0.0952. The molecule has 0 fully saturated rings. The monoisotopic (exact) mass is 413 g/mol. The fourth-order valence-corrected chi connectivity index (χ4v) is 3.00. The Morgan fingerprint density at radius 1 is 1.00 bits per heavy atom. The highest BCUT2D eigenvalue weighted by atomic mass is 35.5. The molecule has 8 heteroatoms. The number of carboxylic acids is 2. The van der Waals surface area contributed by atoms with Crippen LogP contribution in [0, 0.1) is 0 Å². The number of benzene rings is 3. The third-order valence-electron chi connectivity index (χ3n) is 4.05. The van der Waals surface area contributed by atoms with Gasteiger partial charge in [0.1, 0.15) is 5.75 Å². The van der Waals surface area contributed by atoms with Gasteiger partial charge >= 0.3 is 11.9 Å². The van der Waals surface area contributed by atoms with Crippen molar-refractivity contribution in [2.75, 3.05) is 11.9 Å². The summed E-state index contributed by atoms with van der Waals surface area (Å²) in [6.07, 6.45) is -0.156. The molecule has 3 N–H and O–H groups in total. The highest BCUT2D eigenvalue weighted by molar-refractivity contribution is 6.31. The van der Waals surface area contributed by atoms with Crippen LogP contribution in [0.1, 0.15) is 15.9 Å². The second-order valence-corrected chi connectivity index (χ2v) is 6.69. The van der Waals surface area contributed by atoms with Crippen LogP contribution in [0.2, 0.25) is 5.02 Å². The molecule has 3 aromatic rings. The molecule has 0 saturated heterocycles. The molecule has 0 saturated carbocycles. The number of carbonyl (C=O) groups is 3. The second-order valence-electron chi connectivity index (χ2n) is 6.25. The van der Waals surface area contributed by atoms with Gasteiger partial charge in [0.15, 0.2) is 6.61 Å². The second kappa shape index (κ2) is 8.62. The molecule has 0 aliphatic heterocycles. The first-order valence-electron chi connectivity index (χ1n) is 8.52. The van der Waals surface area contributed by atoms with E-state index in [2.05, 4.69) is 5.32 Å². The number of hydrogen-bond acceptors (Lipinski definition) is 4. The number of halogens is 1. The van der Waals surface area contributed by atoms with E-state index in [0.717, 1.165) is 0 Å². The third-order valence-corrected chi connectivity index (χ3v) is 4.28. The van der Waals surface area contributed by atoms with Crippen LogP contribution in [-0.2, 0) is 16.0 Å². The number of hydrogen-bond donors (Lipinski definition) is 3. The highest BCUT2D eigenvalue weighted by Gasteiger charge is 2.12. The highest BCUT2D eigenvalue weighted by Crippen LogP contribution is 2.30. The van der Waals surface area contributed by atoms with Crippen molar-refractivity contribution < 1.29 is 29.3 Å². The van der Waals surface area contributed by atoms with Crippen LogP contribution in [0.15, 0.2) is 54.6 Å². The standard InChI is InChI=1S/C21H16ClNO6/c22-15-4-5-17-13(9-15)8-14(21(27)28)10-18(17)29-11-19(24)23-16-3-1-2-12(6-16)7-20(25)26/h1-6,8-10H,7,11H2,(H,23,24)(H,25,26)(H,27,28). The number of aromatic carboxylic acids is 1. The average molecular weight is 414 g/mol. The van der Waals surface area contributed by atoms with Crippen molar-refractivity contribution in [3.05, 3.63) is 70.7 Å². The van der Waals surface area contributed by atoms with E-state index in [1.54, 1.807) is 42.5 Å². The Bertz CT molecular complexity index is 1110. The summed E-state index contributed by atoms with van der Waals surface area (Å²) in [5.41, 5.74) is 0.998. The Morgan fingerprint density at radius 3 is 2.52 bits per heavy atom. The molecule has 3 rings (SSSR count). The first-order chi connectivity index (χ1) is 13.8. The summed E-state index contributed by atoms with van der Waals surface area (Å²) in [6.45, 7) is -0.357. The lowest BCUT2D eigenvalue weighted by Gasteiger charge is -2.12. The van der Waals surface area contributed by atoms with E-state index in [4.69, 9.17) is 21.4 Å². The van der Waals surface area contributed by atoms with Crippen molar-refractivity contribution in [1.29, 1.82) is 0 Å². The van der Waals surface area contributed by atoms with E-state index >= 15 is 0 Å². The van der Waals surface area contributed by atoms with Crippen molar-refractivity contribution in [2.24, 2.45) is 0 Å². The van der Waals surface area contributed by atoms with Gasteiger partial charge in [-0.2, -0.15) is 0 Å². The van der Waals surface area contributed by atoms with Crippen LogP contribution in [0.25, 0.3) is 10.8 Å². The number of amides is 1. The van der Waals surface area contributed by atoms with Crippen molar-refractivity contribution >= 4 is 45.9 Å². The lowest BCUT2D eigenvalue weighted by molar-refractivity contribution is -0.136. The van der Waals surface area contributed by atoms with Gasteiger partial charge in [-0.25, -0.2) is 4.79 Å². The first-order valence-corrected chi connectivity index (χ1v) is 8.89. The Labute approximate surface area is 170 Å². The van der Waals surface area contributed by atoms with Crippen LogP contribution in [0.5, 0.6) is 5.75 Å². The number of fused-ring (bicyclic) bond motifs is 1. The number of carbonyl (C=O) groups excluding carboxylic acids is 1. The molecule has 0 spiro atoms. The first kappa shape index (κ1) is 20.2. The molecule has 0 heterocycles. The predicted molar refractivity (Wildman–Crippen MR) is 108 cm³/mol. The molecule has 3 aromatic carbocycles. The summed E-state index contributed by atoms with van der Waals surface area (Å²) < 4.78 is 5.57. The zero-order valence-corrected chi connectivity index (χ0v) is 15.8. The van der Waals surface area contributed by atoms with E-state index in [1.165, 1.54) is 12.1 Å². The molecule has 0 aliphatic carbocycles. The van der Waals surface area contributed by atoms with Gasteiger partial charge < -0.3 is 20.3 Å². The van der Waals surface area contributed by atoms with Crippen LogP contribution < -0.4 is 10.1 Å². The molecule has 148 valence electrons. The Kier molecular flexibility index (Phi) is 5.99. The van der Waals surface area contributed by atoms with Crippen molar-refractivity contribution in [3.8, 4) is 5.75 Å². The number of anilines is 1. The largest absolute Gasteiger partial charge is 0.483 e. The lowest BCUT2D eigenvalue weighted by atomic mass is 10.1. The smallest absolute Gasteiger partial charge is 0.335 e. The Balaban J connectivity index is 1.75. The molecule has 0 radical (unpaired) electrons. The van der Waals surface area contributed by atoms with E-state index < -0.39 is 17.8 Å². The summed E-state index contributed by atoms with van der Waals surface area (Å²) in [5, 5.41) is 22.4. The van der Waals surface area contributed by atoms with Crippen LogP contribution >= 0.6 is 11.6 Å². The molecule has 29 heavy (non-hydrogen) atoms. The molecule has 0 aromatic heterocycles. The molecule has 0 atom stereocenters. The van der Waals surface area contributed by atoms with E-state index in [0.29, 0.717) is 27.0 Å². The van der Waals surface area contributed by atoms with Gasteiger partial charge in [-0.15, -0.1) is 0 Å². The summed E-state index contributed by atoms with van der Waals surface area (Å²) in [7, 11) is 0. The molecular weight excluding hydrogens is 398 g/mol. The molecule has 0 aliphatic rings. The van der Waals surface area contributed by atoms with Crippen LogP contribution in [0.3, 0.4) is 0 Å². The number of carboxylic acid groups (broad SMARTS) is 2. The zero-order chi connectivity index (χ0) is 21.0. The van der Waals surface area contributed by atoms with Gasteiger partial charge in [-0.05, 0) is 53.4 Å².